The van der Waals surface area contributed by atoms with E-state index >= 15 is 0 Å². The topological polar surface area (TPSA) is 52.7 Å². The number of fused-ring (bicyclic) bond motifs is 1. The molecule has 0 spiro atoms. The van der Waals surface area contributed by atoms with Crippen LogP contribution in [0, 0.1) is 11.8 Å². The molecule has 0 aliphatic carbocycles. The van der Waals surface area contributed by atoms with Crippen LogP contribution in [0.15, 0.2) is 0 Å². The fourth-order valence-corrected chi connectivity index (χ4v) is 2.84. The lowest BCUT2D eigenvalue weighted by atomic mass is 10.1. The Balaban J connectivity index is 1.99. The summed E-state index contributed by atoms with van der Waals surface area (Å²) in [6.07, 6.45) is 0.694. The Morgan fingerprint density at radius 3 is 2.79 bits per heavy atom. The van der Waals surface area contributed by atoms with Crippen LogP contribution in [0.25, 0.3) is 0 Å². The molecule has 2 atom stereocenters. The number of carbonyl (C=O) groups excluding carboxylic acids is 2. The van der Waals surface area contributed by atoms with Crippen LogP contribution in [0.5, 0.6) is 0 Å². The van der Waals surface area contributed by atoms with Gasteiger partial charge in [0.05, 0.1) is 0 Å². The van der Waals surface area contributed by atoms with Gasteiger partial charge in [-0.2, -0.15) is 0 Å². The number of hydrogen-bond donors (Lipinski definition) is 1. The fourth-order valence-electron chi connectivity index (χ4n) is 2.84. The quantitative estimate of drug-likeness (QED) is 0.703. The van der Waals surface area contributed by atoms with Crippen molar-refractivity contribution in [2.24, 2.45) is 0 Å². The molecule has 2 rings (SSSR count). The van der Waals surface area contributed by atoms with Crippen LogP contribution >= 0.6 is 0 Å². The van der Waals surface area contributed by atoms with Crippen LogP contribution in [0.2, 0.25) is 0 Å². The van der Waals surface area contributed by atoms with Crippen molar-refractivity contribution in [2.45, 2.75) is 45.3 Å². The number of hydrogen-bond acceptors (Lipinski definition) is 3. The van der Waals surface area contributed by atoms with Gasteiger partial charge in [0.2, 0.25) is 5.91 Å². The van der Waals surface area contributed by atoms with Gasteiger partial charge in [-0.15, -0.1) is 0 Å². The third-order valence-corrected chi connectivity index (χ3v) is 3.88. The Kier molecular flexibility index (Phi) is 4.11. The zero-order chi connectivity index (χ0) is 14.0. The zero-order valence-electron chi connectivity index (χ0n) is 11.8. The van der Waals surface area contributed by atoms with E-state index in [1.54, 1.807) is 6.92 Å². The molecule has 19 heavy (non-hydrogen) atoms. The van der Waals surface area contributed by atoms with Crippen molar-refractivity contribution in [1.29, 1.82) is 0 Å². The Morgan fingerprint density at radius 2 is 2.16 bits per heavy atom. The molecule has 0 aromatic rings. The van der Waals surface area contributed by atoms with Gasteiger partial charge in [-0.05, 0) is 33.1 Å². The molecule has 2 aliphatic rings. The first-order valence-electron chi connectivity index (χ1n) is 6.80. The number of amides is 2. The van der Waals surface area contributed by atoms with Gasteiger partial charge >= 0.3 is 0 Å². The first-order valence-corrected chi connectivity index (χ1v) is 6.80. The lowest BCUT2D eigenvalue weighted by molar-refractivity contribution is -0.134. The van der Waals surface area contributed by atoms with Crippen molar-refractivity contribution in [3.05, 3.63) is 0 Å². The van der Waals surface area contributed by atoms with Gasteiger partial charge in [0.25, 0.3) is 5.91 Å². The van der Waals surface area contributed by atoms with Gasteiger partial charge in [0.15, 0.2) is 0 Å². The van der Waals surface area contributed by atoms with Crippen molar-refractivity contribution >= 4 is 11.8 Å². The molecule has 2 aliphatic heterocycles. The van der Waals surface area contributed by atoms with E-state index in [1.165, 1.54) is 0 Å². The van der Waals surface area contributed by atoms with E-state index in [1.807, 2.05) is 4.90 Å². The Bertz CT molecular complexity index is 436. The summed E-state index contributed by atoms with van der Waals surface area (Å²) in [7, 11) is 0. The Morgan fingerprint density at radius 1 is 1.42 bits per heavy atom. The average Bonchev–Trinajstić information content (AvgIpc) is 2.66. The molecule has 0 aromatic heterocycles. The highest BCUT2D eigenvalue weighted by atomic mass is 16.2. The molecule has 2 fully saturated rings. The van der Waals surface area contributed by atoms with Crippen molar-refractivity contribution < 1.29 is 9.59 Å². The van der Waals surface area contributed by atoms with E-state index in [0.717, 1.165) is 19.6 Å². The van der Waals surface area contributed by atoms with E-state index in [-0.39, 0.29) is 17.9 Å². The highest BCUT2D eigenvalue weighted by Gasteiger charge is 2.43. The highest BCUT2D eigenvalue weighted by Crippen LogP contribution is 2.24. The second kappa shape index (κ2) is 5.62. The maximum absolute atomic E-state index is 12.2. The van der Waals surface area contributed by atoms with Crippen LogP contribution in [0.3, 0.4) is 0 Å². The van der Waals surface area contributed by atoms with Crippen LogP contribution in [0.1, 0.15) is 27.2 Å². The van der Waals surface area contributed by atoms with Crippen molar-refractivity contribution in [1.82, 2.24) is 15.1 Å². The summed E-state index contributed by atoms with van der Waals surface area (Å²) in [6.45, 7) is 8.52. The van der Waals surface area contributed by atoms with Crippen LogP contribution in [-0.2, 0) is 9.59 Å². The zero-order valence-corrected chi connectivity index (χ0v) is 11.8. The van der Waals surface area contributed by atoms with Gasteiger partial charge in [0, 0.05) is 31.7 Å². The van der Waals surface area contributed by atoms with Gasteiger partial charge in [0.1, 0.15) is 6.04 Å². The fraction of sp³-hybridized carbons (Fsp3) is 0.714. The van der Waals surface area contributed by atoms with Crippen LogP contribution < -0.4 is 5.32 Å². The number of rotatable bonds is 2. The molecule has 0 radical (unpaired) electrons. The summed E-state index contributed by atoms with van der Waals surface area (Å²) in [5.41, 5.74) is 0. The van der Waals surface area contributed by atoms with E-state index in [0.29, 0.717) is 12.5 Å². The molecule has 1 N–H and O–H groups in total. The SMILES string of the molecule is CC#CC(=O)NC1CC2CN(C(C)C)CCN2C1=O. The van der Waals surface area contributed by atoms with Crippen molar-refractivity contribution in [2.75, 3.05) is 19.6 Å². The summed E-state index contributed by atoms with van der Waals surface area (Å²) in [5.74, 6) is 4.65. The molecule has 2 amide bonds. The highest BCUT2D eigenvalue weighted by molar-refractivity contribution is 5.97. The van der Waals surface area contributed by atoms with E-state index < -0.39 is 6.04 Å². The molecule has 2 unspecified atom stereocenters. The first-order chi connectivity index (χ1) is 9.02. The molecule has 0 aromatic carbocycles. The predicted molar refractivity (Wildman–Crippen MR) is 72.2 cm³/mol. The number of nitrogens with one attached hydrogen (secondary N) is 1. The Labute approximate surface area is 114 Å². The number of carbonyl (C=O) groups is 2. The lowest BCUT2D eigenvalue weighted by Crippen LogP contribution is -2.53. The minimum absolute atomic E-state index is 0.0414. The summed E-state index contributed by atoms with van der Waals surface area (Å²) < 4.78 is 0. The predicted octanol–water partition coefficient (Wildman–Crippen LogP) is -0.181. The monoisotopic (exact) mass is 263 g/mol. The molecule has 2 saturated heterocycles. The normalized spacial score (nSPS) is 26.9. The van der Waals surface area contributed by atoms with Gasteiger partial charge < -0.3 is 10.2 Å². The maximum atomic E-state index is 12.2. The molecule has 5 heteroatoms. The minimum atomic E-state index is -0.398. The molecule has 2 heterocycles. The second-order valence-electron chi connectivity index (χ2n) is 5.41. The largest absolute Gasteiger partial charge is 0.335 e. The molecule has 0 bridgehead atoms. The summed E-state index contributed by atoms with van der Waals surface area (Å²) in [6, 6.07) is 0.325. The van der Waals surface area contributed by atoms with E-state index in [2.05, 4.69) is 35.9 Å². The molecule has 5 nitrogen and oxygen atoms in total. The van der Waals surface area contributed by atoms with Gasteiger partial charge in [-0.3, -0.25) is 14.5 Å². The third-order valence-electron chi connectivity index (χ3n) is 3.88. The average molecular weight is 263 g/mol. The first kappa shape index (κ1) is 13.9. The van der Waals surface area contributed by atoms with Crippen molar-refractivity contribution in [3.63, 3.8) is 0 Å². The smallest absolute Gasteiger partial charge is 0.296 e. The lowest BCUT2D eigenvalue weighted by Gasteiger charge is -2.39. The van der Waals surface area contributed by atoms with E-state index in [9.17, 15) is 9.59 Å². The van der Waals surface area contributed by atoms with Crippen molar-refractivity contribution in [3.8, 4) is 11.8 Å². The maximum Gasteiger partial charge on any atom is 0.296 e. The van der Waals surface area contributed by atoms with E-state index in [4.69, 9.17) is 0 Å². The summed E-state index contributed by atoms with van der Waals surface area (Å²) in [5, 5.41) is 2.71. The molecular weight excluding hydrogens is 242 g/mol. The standard InChI is InChI=1S/C14H21N3O2/c1-4-5-13(18)15-12-8-11-9-16(10(2)3)6-7-17(11)14(12)19/h10-12H,6-9H2,1-3H3,(H,15,18). The number of piperazine rings is 1. The van der Waals surface area contributed by atoms with Crippen LogP contribution in [0.4, 0.5) is 0 Å². The summed E-state index contributed by atoms with van der Waals surface area (Å²) >= 11 is 0. The van der Waals surface area contributed by atoms with Gasteiger partial charge in [-0.1, -0.05) is 5.92 Å². The molecular formula is C14H21N3O2. The van der Waals surface area contributed by atoms with Gasteiger partial charge in [-0.25, -0.2) is 0 Å². The van der Waals surface area contributed by atoms with Crippen LogP contribution in [-0.4, -0.2) is 59.4 Å². The Hall–Kier alpha value is -1.54. The second-order valence-corrected chi connectivity index (χ2v) is 5.41. The third kappa shape index (κ3) is 2.90. The minimum Gasteiger partial charge on any atom is -0.335 e. The number of nitrogens with zero attached hydrogens (tertiary/aromatic N) is 2. The molecule has 104 valence electrons. The molecule has 0 saturated carbocycles. The summed E-state index contributed by atoms with van der Waals surface area (Å²) in [4.78, 5) is 27.9.